The Morgan fingerprint density at radius 2 is 1.94 bits per heavy atom. The van der Waals surface area contributed by atoms with Gasteiger partial charge in [-0.05, 0) is 55.3 Å². The molecule has 4 atom stereocenters. The second kappa shape index (κ2) is 4.62. The van der Waals surface area contributed by atoms with Gasteiger partial charge in [-0.2, -0.15) is 0 Å². The lowest BCUT2D eigenvalue weighted by atomic mass is 9.55. The summed E-state index contributed by atoms with van der Waals surface area (Å²) in [4.78, 5) is 11.1. The Labute approximate surface area is 105 Å². The van der Waals surface area contributed by atoms with Crippen LogP contribution in [-0.4, -0.2) is 12.1 Å². The summed E-state index contributed by atoms with van der Waals surface area (Å²) in [5, 5.41) is 0. The Kier molecular flexibility index (Phi) is 3.51. The number of fused-ring (bicyclic) bond motifs is 1. The molecule has 2 saturated carbocycles. The molecule has 2 nitrogen and oxygen atoms in total. The van der Waals surface area contributed by atoms with Crippen molar-refractivity contribution < 1.29 is 9.53 Å². The third-order valence-corrected chi connectivity index (χ3v) is 5.16. The molecule has 0 radical (unpaired) electrons. The van der Waals surface area contributed by atoms with E-state index in [1.807, 2.05) is 0 Å². The van der Waals surface area contributed by atoms with Crippen molar-refractivity contribution >= 4 is 5.97 Å². The van der Waals surface area contributed by atoms with Gasteiger partial charge in [0.1, 0.15) is 6.10 Å². The smallest absolute Gasteiger partial charge is 0.302 e. The van der Waals surface area contributed by atoms with Crippen LogP contribution in [0, 0.1) is 23.2 Å². The Morgan fingerprint density at radius 3 is 2.59 bits per heavy atom. The number of hydrogen-bond donors (Lipinski definition) is 0. The molecular weight excluding hydrogens is 212 g/mol. The molecular formula is C15H26O2. The van der Waals surface area contributed by atoms with Crippen LogP contribution in [0.3, 0.4) is 0 Å². The molecule has 0 amide bonds. The molecule has 98 valence electrons. The summed E-state index contributed by atoms with van der Waals surface area (Å²) in [5.41, 5.74) is 0.484. The maximum absolute atomic E-state index is 11.1. The van der Waals surface area contributed by atoms with Gasteiger partial charge >= 0.3 is 5.97 Å². The standard InChI is InChI=1S/C15H26O2/c1-10-7-8-15(3,4)14-6-5-12(9-13(10)14)17-11(2)16/h10,12-14H,5-9H2,1-4H3/t10-,12?,13?,14?/m0/s1. The minimum absolute atomic E-state index is 0.115. The van der Waals surface area contributed by atoms with Crippen molar-refractivity contribution in [2.24, 2.45) is 23.2 Å². The van der Waals surface area contributed by atoms with E-state index in [1.165, 1.54) is 26.2 Å². The number of esters is 1. The quantitative estimate of drug-likeness (QED) is 0.650. The molecule has 3 unspecified atom stereocenters. The third-order valence-electron chi connectivity index (χ3n) is 5.16. The van der Waals surface area contributed by atoms with E-state index in [0.29, 0.717) is 5.41 Å². The minimum Gasteiger partial charge on any atom is -0.463 e. The largest absolute Gasteiger partial charge is 0.463 e. The van der Waals surface area contributed by atoms with Crippen molar-refractivity contribution in [1.29, 1.82) is 0 Å². The highest BCUT2D eigenvalue weighted by atomic mass is 16.5. The molecule has 2 rings (SSSR count). The van der Waals surface area contributed by atoms with E-state index in [4.69, 9.17) is 4.74 Å². The molecule has 0 bridgehead atoms. The van der Waals surface area contributed by atoms with Crippen LogP contribution in [0.4, 0.5) is 0 Å². The van der Waals surface area contributed by atoms with Gasteiger partial charge in [-0.15, -0.1) is 0 Å². The normalized spacial score (nSPS) is 40.5. The first-order chi connectivity index (χ1) is 7.90. The zero-order valence-electron chi connectivity index (χ0n) is 11.7. The van der Waals surface area contributed by atoms with E-state index in [1.54, 1.807) is 0 Å². The molecule has 2 aliphatic carbocycles. The first-order valence-corrected chi connectivity index (χ1v) is 7.07. The summed E-state index contributed by atoms with van der Waals surface area (Å²) in [6, 6.07) is 0. The lowest BCUT2D eigenvalue weighted by Gasteiger charge is -2.51. The van der Waals surface area contributed by atoms with Crippen molar-refractivity contribution in [3.05, 3.63) is 0 Å². The molecule has 0 heterocycles. The van der Waals surface area contributed by atoms with Gasteiger partial charge < -0.3 is 4.74 Å². The summed E-state index contributed by atoms with van der Waals surface area (Å²) in [6.07, 6.45) is 6.27. The topological polar surface area (TPSA) is 26.3 Å². The van der Waals surface area contributed by atoms with Gasteiger partial charge in [0.2, 0.25) is 0 Å². The molecule has 0 saturated heterocycles. The maximum Gasteiger partial charge on any atom is 0.302 e. The first-order valence-electron chi connectivity index (χ1n) is 7.07. The molecule has 0 spiro atoms. The van der Waals surface area contributed by atoms with Crippen molar-refractivity contribution in [1.82, 2.24) is 0 Å². The van der Waals surface area contributed by atoms with Gasteiger partial charge in [-0.3, -0.25) is 4.79 Å². The number of carbonyl (C=O) groups excluding carboxylic acids is 1. The number of carbonyl (C=O) groups is 1. The second-order valence-electron chi connectivity index (χ2n) is 6.82. The van der Waals surface area contributed by atoms with Crippen LogP contribution in [0.25, 0.3) is 0 Å². The fraction of sp³-hybridized carbons (Fsp3) is 0.933. The van der Waals surface area contributed by atoms with Gasteiger partial charge in [0.15, 0.2) is 0 Å². The van der Waals surface area contributed by atoms with Crippen LogP contribution < -0.4 is 0 Å². The molecule has 0 aromatic rings. The Morgan fingerprint density at radius 1 is 1.24 bits per heavy atom. The van der Waals surface area contributed by atoms with E-state index in [2.05, 4.69) is 20.8 Å². The highest BCUT2D eigenvalue weighted by molar-refractivity contribution is 5.66. The fourth-order valence-electron chi connectivity index (χ4n) is 4.11. The lowest BCUT2D eigenvalue weighted by Crippen LogP contribution is -2.44. The lowest BCUT2D eigenvalue weighted by molar-refractivity contribution is -0.152. The van der Waals surface area contributed by atoms with E-state index in [9.17, 15) is 4.79 Å². The van der Waals surface area contributed by atoms with Crippen molar-refractivity contribution in [3.63, 3.8) is 0 Å². The second-order valence-corrected chi connectivity index (χ2v) is 6.82. The van der Waals surface area contributed by atoms with Crippen molar-refractivity contribution in [3.8, 4) is 0 Å². The molecule has 0 N–H and O–H groups in total. The average Bonchev–Trinajstić information content (AvgIpc) is 2.23. The predicted molar refractivity (Wildman–Crippen MR) is 68.6 cm³/mol. The predicted octanol–water partition coefficient (Wildman–Crippen LogP) is 3.79. The van der Waals surface area contributed by atoms with E-state index < -0.39 is 0 Å². The zero-order chi connectivity index (χ0) is 12.6. The van der Waals surface area contributed by atoms with Crippen LogP contribution in [0.5, 0.6) is 0 Å². The molecule has 0 aliphatic heterocycles. The van der Waals surface area contributed by atoms with Crippen LogP contribution >= 0.6 is 0 Å². The summed E-state index contributed by atoms with van der Waals surface area (Å²) in [5.74, 6) is 2.28. The molecule has 2 fully saturated rings. The third kappa shape index (κ3) is 2.66. The van der Waals surface area contributed by atoms with E-state index in [0.717, 1.165) is 30.6 Å². The van der Waals surface area contributed by atoms with E-state index >= 15 is 0 Å². The maximum atomic E-state index is 11.1. The van der Waals surface area contributed by atoms with Crippen molar-refractivity contribution in [2.45, 2.75) is 65.9 Å². The van der Waals surface area contributed by atoms with Crippen LogP contribution in [0.15, 0.2) is 0 Å². The van der Waals surface area contributed by atoms with Crippen molar-refractivity contribution in [2.75, 3.05) is 0 Å². The monoisotopic (exact) mass is 238 g/mol. The van der Waals surface area contributed by atoms with Gasteiger partial charge in [0.25, 0.3) is 0 Å². The van der Waals surface area contributed by atoms with Gasteiger partial charge in [0, 0.05) is 6.92 Å². The average molecular weight is 238 g/mol. The molecule has 0 aromatic heterocycles. The van der Waals surface area contributed by atoms with Gasteiger partial charge in [-0.25, -0.2) is 0 Å². The molecule has 2 heteroatoms. The van der Waals surface area contributed by atoms with Crippen LogP contribution in [0.2, 0.25) is 0 Å². The SMILES string of the molecule is CC(=O)OC1CCC2C(C1)[C@@H](C)CCC2(C)C. The molecule has 17 heavy (non-hydrogen) atoms. The highest BCUT2D eigenvalue weighted by Gasteiger charge is 2.45. The molecule has 0 aromatic carbocycles. The Hall–Kier alpha value is -0.530. The highest BCUT2D eigenvalue weighted by Crippen LogP contribution is 2.52. The summed E-state index contributed by atoms with van der Waals surface area (Å²) in [7, 11) is 0. The minimum atomic E-state index is -0.115. The first kappa shape index (κ1) is 12.9. The summed E-state index contributed by atoms with van der Waals surface area (Å²) in [6.45, 7) is 8.74. The van der Waals surface area contributed by atoms with Gasteiger partial charge in [0.05, 0.1) is 0 Å². The van der Waals surface area contributed by atoms with E-state index in [-0.39, 0.29) is 12.1 Å². The number of rotatable bonds is 1. The zero-order valence-corrected chi connectivity index (χ0v) is 11.7. The fourth-order valence-corrected chi connectivity index (χ4v) is 4.11. The van der Waals surface area contributed by atoms with Crippen LogP contribution in [0.1, 0.15) is 59.8 Å². The molecule has 2 aliphatic rings. The number of ether oxygens (including phenoxy) is 1. The summed E-state index contributed by atoms with van der Waals surface area (Å²) >= 11 is 0. The van der Waals surface area contributed by atoms with Gasteiger partial charge in [-0.1, -0.05) is 20.8 Å². The summed E-state index contributed by atoms with van der Waals surface area (Å²) < 4.78 is 5.42. The Balaban J connectivity index is 2.05. The van der Waals surface area contributed by atoms with Crippen LogP contribution in [-0.2, 0) is 9.53 Å². The Bertz CT molecular complexity index is 295. The number of hydrogen-bond acceptors (Lipinski definition) is 2.